The first-order chi connectivity index (χ1) is 16.2. The van der Waals surface area contributed by atoms with Gasteiger partial charge in [0.05, 0.1) is 24.6 Å². The predicted molar refractivity (Wildman–Crippen MR) is 132 cm³/mol. The number of rotatable bonds is 6. The Morgan fingerprint density at radius 3 is 2.55 bits per heavy atom. The Labute approximate surface area is 192 Å². The van der Waals surface area contributed by atoms with Crippen LogP contribution in [-0.4, -0.2) is 32.2 Å². The molecule has 168 valence electrons. The number of ether oxygens (including phenoxy) is 1. The van der Waals surface area contributed by atoms with Crippen LogP contribution in [0.3, 0.4) is 0 Å². The normalized spacial score (nSPS) is 13.8. The van der Waals surface area contributed by atoms with Gasteiger partial charge in [-0.05, 0) is 60.2 Å². The van der Waals surface area contributed by atoms with Crippen molar-refractivity contribution in [3.05, 3.63) is 84.1 Å². The van der Waals surface area contributed by atoms with Crippen LogP contribution in [0.15, 0.2) is 77.2 Å². The molecule has 1 saturated heterocycles. The quantitative estimate of drug-likeness (QED) is 0.374. The molecular formula is C26H26N4O3. The maximum atomic E-state index is 12.6. The lowest BCUT2D eigenvalue weighted by molar-refractivity contribution is 0.0998. The van der Waals surface area contributed by atoms with Crippen molar-refractivity contribution < 1.29 is 13.9 Å². The standard InChI is InChI=1S/C26H26N4O3/c27-22-3-1-2-4-23(22)29-26(31)25-16-19-15-18(5-10-24(19)33-25)17-28-20-6-8-21(9-7-20)30-11-13-32-14-12-30/h1-10,15-16,28H,11-14,17,27H2,(H,29,31). The van der Waals surface area contributed by atoms with Crippen LogP contribution >= 0.6 is 0 Å². The maximum absolute atomic E-state index is 12.6. The smallest absolute Gasteiger partial charge is 0.291 e. The molecule has 0 atom stereocenters. The maximum Gasteiger partial charge on any atom is 0.291 e. The summed E-state index contributed by atoms with van der Waals surface area (Å²) in [5.41, 5.74) is 11.0. The second-order valence-corrected chi connectivity index (χ2v) is 8.02. The molecule has 1 amide bonds. The molecule has 0 unspecified atom stereocenters. The molecule has 1 aliphatic heterocycles. The number of nitrogens with two attached hydrogens (primary N) is 1. The van der Waals surface area contributed by atoms with Crippen LogP contribution < -0.4 is 21.3 Å². The summed E-state index contributed by atoms with van der Waals surface area (Å²) in [6.07, 6.45) is 0. The minimum absolute atomic E-state index is 0.247. The molecule has 3 aromatic carbocycles. The first kappa shape index (κ1) is 20.9. The molecule has 7 heteroatoms. The van der Waals surface area contributed by atoms with Crippen molar-refractivity contribution in [3.8, 4) is 0 Å². The lowest BCUT2D eigenvalue weighted by atomic mass is 10.1. The highest BCUT2D eigenvalue weighted by molar-refractivity contribution is 6.06. The third kappa shape index (κ3) is 4.78. The second-order valence-electron chi connectivity index (χ2n) is 8.02. The Morgan fingerprint density at radius 2 is 1.76 bits per heavy atom. The van der Waals surface area contributed by atoms with E-state index in [4.69, 9.17) is 14.9 Å². The number of carbonyl (C=O) groups is 1. The average molecular weight is 443 g/mol. The number of hydrogen-bond donors (Lipinski definition) is 3. The third-order valence-corrected chi connectivity index (χ3v) is 5.75. The molecule has 5 rings (SSSR count). The first-order valence-electron chi connectivity index (χ1n) is 11.0. The highest BCUT2D eigenvalue weighted by Gasteiger charge is 2.14. The summed E-state index contributed by atoms with van der Waals surface area (Å²) in [5, 5.41) is 7.13. The Hall–Kier alpha value is -3.97. The monoisotopic (exact) mass is 442 g/mol. The Balaban J connectivity index is 1.23. The number of anilines is 4. The van der Waals surface area contributed by atoms with Gasteiger partial charge in [0.1, 0.15) is 5.58 Å². The van der Waals surface area contributed by atoms with Crippen LogP contribution in [0.5, 0.6) is 0 Å². The summed E-state index contributed by atoms with van der Waals surface area (Å²) in [6.45, 7) is 4.08. The Bertz CT molecular complexity index is 1260. The van der Waals surface area contributed by atoms with Crippen LogP contribution in [0.4, 0.5) is 22.7 Å². The van der Waals surface area contributed by atoms with Crippen molar-refractivity contribution in [2.24, 2.45) is 0 Å². The van der Waals surface area contributed by atoms with E-state index in [0.29, 0.717) is 23.5 Å². The Morgan fingerprint density at radius 1 is 0.970 bits per heavy atom. The summed E-state index contributed by atoms with van der Waals surface area (Å²) in [4.78, 5) is 14.9. The van der Waals surface area contributed by atoms with E-state index in [2.05, 4.69) is 39.8 Å². The number of hydrogen-bond acceptors (Lipinski definition) is 6. The van der Waals surface area contributed by atoms with Crippen molar-refractivity contribution in [2.75, 3.05) is 47.6 Å². The van der Waals surface area contributed by atoms with Gasteiger partial charge in [-0.15, -0.1) is 0 Å². The summed E-state index contributed by atoms with van der Waals surface area (Å²) in [6, 6.07) is 23.3. The molecule has 0 spiro atoms. The number of nitrogens with zero attached hydrogens (tertiary/aromatic N) is 1. The fourth-order valence-corrected chi connectivity index (χ4v) is 3.93. The Kier molecular flexibility index (Phi) is 5.87. The average Bonchev–Trinajstić information content (AvgIpc) is 3.29. The van der Waals surface area contributed by atoms with E-state index >= 15 is 0 Å². The number of carbonyl (C=O) groups excluding carboxylic acids is 1. The predicted octanol–water partition coefficient (Wildman–Crippen LogP) is 4.72. The topological polar surface area (TPSA) is 92.8 Å². The number of para-hydroxylation sites is 2. The van der Waals surface area contributed by atoms with Gasteiger partial charge in [-0.3, -0.25) is 4.79 Å². The van der Waals surface area contributed by atoms with Gasteiger partial charge < -0.3 is 30.4 Å². The van der Waals surface area contributed by atoms with Gasteiger partial charge in [0.2, 0.25) is 0 Å². The zero-order valence-electron chi connectivity index (χ0n) is 18.2. The zero-order valence-corrected chi connectivity index (χ0v) is 18.2. The fourth-order valence-electron chi connectivity index (χ4n) is 3.93. The number of nitrogens with one attached hydrogen (secondary N) is 2. The number of amides is 1. The number of furan rings is 1. The molecule has 1 fully saturated rings. The lowest BCUT2D eigenvalue weighted by Crippen LogP contribution is -2.36. The molecule has 4 N–H and O–H groups in total. The van der Waals surface area contributed by atoms with Gasteiger partial charge in [-0.1, -0.05) is 18.2 Å². The molecule has 1 aromatic heterocycles. The molecule has 0 aliphatic carbocycles. The van der Waals surface area contributed by atoms with Crippen molar-refractivity contribution in [1.29, 1.82) is 0 Å². The van der Waals surface area contributed by atoms with Crippen LogP contribution in [-0.2, 0) is 11.3 Å². The first-order valence-corrected chi connectivity index (χ1v) is 11.0. The van der Waals surface area contributed by atoms with E-state index in [1.165, 1.54) is 5.69 Å². The number of morpholine rings is 1. The number of fused-ring (bicyclic) bond motifs is 1. The van der Waals surface area contributed by atoms with Crippen LogP contribution in [0.1, 0.15) is 16.1 Å². The summed E-state index contributed by atoms with van der Waals surface area (Å²) < 4.78 is 11.2. The van der Waals surface area contributed by atoms with E-state index < -0.39 is 0 Å². The highest BCUT2D eigenvalue weighted by Crippen LogP contribution is 2.24. The van der Waals surface area contributed by atoms with E-state index in [1.807, 2.05) is 30.3 Å². The van der Waals surface area contributed by atoms with Crippen molar-refractivity contribution in [2.45, 2.75) is 6.54 Å². The van der Waals surface area contributed by atoms with Crippen molar-refractivity contribution in [1.82, 2.24) is 0 Å². The summed E-state index contributed by atoms with van der Waals surface area (Å²) in [7, 11) is 0. The van der Waals surface area contributed by atoms with E-state index in [9.17, 15) is 4.79 Å². The third-order valence-electron chi connectivity index (χ3n) is 5.75. The number of benzene rings is 3. The van der Waals surface area contributed by atoms with E-state index in [0.717, 1.165) is 42.9 Å². The highest BCUT2D eigenvalue weighted by atomic mass is 16.5. The zero-order chi connectivity index (χ0) is 22.6. The molecule has 7 nitrogen and oxygen atoms in total. The fraction of sp³-hybridized carbons (Fsp3) is 0.192. The van der Waals surface area contributed by atoms with E-state index in [-0.39, 0.29) is 11.7 Å². The van der Waals surface area contributed by atoms with Gasteiger partial charge in [0, 0.05) is 36.4 Å². The van der Waals surface area contributed by atoms with Crippen LogP contribution in [0.25, 0.3) is 11.0 Å². The minimum atomic E-state index is -0.330. The van der Waals surface area contributed by atoms with Gasteiger partial charge in [-0.25, -0.2) is 0 Å². The van der Waals surface area contributed by atoms with Crippen LogP contribution in [0.2, 0.25) is 0 Å². The largest absolute Gasteiger partial charge is 0.451 e. The minimum Gasteiger partial charge on any atom is -0.451 e. The van der Waals surface area contributed by atoms with Gasteiger partial charge in [0.15, 0.2) is 5.76 Å². The molecule has 0 bridgehead atoms. The molecule has 1 aliphatic rings. The van der Waals surface area contributed by atoms with Gasteiger partial charge in [0.25, 0.3) is 5.91 Å². The molecule has 0 radical (unpaired) electrons. The number of nitrogen functional groups attached to an aromatic ring is 1. The van der Waals surface area contributed by atoms with Crippen molar-refractivity contribution in [3.63, 3.8) is 0 Å². The van der Waals surface area contributed by atoms with Crippen molar-refractivity contribution >= 4 is 39.6 Å². The summed E-state index contributed by atoms with van der Waals surface area (Å²) >= 11 is 0. The van der Waals surface area contributed by atoms with Gasteiger partial charge >= 0.3 is 0 Å². The van der Waals surface area contributed by atoms with Crippen LogP contribution in [0, 0.1) is 0 Å². The SMILES string of the molecule is Nc1ccccc1NC(=O)c1cc2cc(CNc3ccc(N4CCOCC4)cc3)ccc2o1. The molecular weight excluding hydrogens is 416 g/mol. The summed E-state index contributed by atoms with van der Waals surface area (Å²) in [5.74, 6) is -0.0822. The van der Waals surface area contributed by atoms with E-state index in [1.54, 1.807) is 18.2 Å². The molecule has 33 heavy (non-hydrogen) atoms. The lowest BCUT2D eigenvalue weighted by Gasteiger charge is -2.28. The molecule has 2 heterocycles. The second kappa shape index (κ2) is 9.26. The molecule has 0 saturated carbocycles. The molecule has 4 aromatic rings. The van der Waals surface area contributed by atoms with Gasteiger partial charge in [-0.2, -0.15) is 0 Å².